The van der Waals surface area contributed by atoms with E-state index in [4.69, 9.17) is 9.15 Å². The quantitative estimate of drug-likeness (QED) is 0.459. The van der Waals surface area contributed by atoms with E-state index in [0.29, 0.717) is 11.5 Å². The molecule has 132 valence electrons. The average Bonchev–Trinajstić information content (AvgIpc) is 3.33. The molecule has 0 fully saturated rings. The predicted octanol–water partition coefficient (Wildman–Crippen LogP) is 5.02. The average molecular weight is 432 g/mol. The Kier molecular flexibility index (Phi) is 4.37. The molecule has 0 bridgehead atoms. The molecule has 0 saturated heterocycles. The number of carbonyl (C=O) groups is 1. The van der Waals surface area contributed by atoms with Gasteiger partial charge in [-0.3, -0.25) is 0 Å². The second-order valence-corrected chi connectivity index (χ2v) is 8.28. The SMILES string of the molecule is Cc1[nH]c2ccc(C(=O)OCc3nnc(-c4ccc(Br)s4)o3)cc2c1C. The molecule has 0 saturated carbocycles. The van der Waals surface area contributed by atoms with Gasteiger partial charge < -0.3 is 14.1 Å². The first-order valence-corrected chi connectivity index (χ1v) is 9.46. The fourth-order valence-corrected chi connectivity index (χ4v) is 3.95. The summed E-state index contributed by atoms with van der Waals surface area (Å²) in [7, 11) is 0. The molecule has 3 heterocycles. The van der Waals surface area contributed by atoms with Gasteiger partial charge in [0.25, 0.3) is 11.8 Å². The van der Waals surface area contributed by atoms with E-state index in [0.717, 1.165) is 30.8 Å². The number of halogens is 1. The van der Waals surface area contributed by atoms with Crippen LogP contribution < -0.4 is 0 Å². The van der Waals surface area contributed by atoms with E-state index in [1.165, 1.54) is 11.3 Å². The zero-order chi connectivity index (χ0) is 18.3. The maximum Gasteiger partial charge on any atom is 0.338 e. The van der Waals surface area contributed by atoms with Gasteiger partial charge in [-0.05, 0) is 65.7 Å². The van der Waals surface area contributed by atoms with E-state index in [2.05, 4.69) is 31.1 Å². The van der Waals surface area contributed by atoms with E-state index >= 15 is 0 Å². The van der Waals surface area contributed by atoms with E-state index in [1.807, 2.05) is 38.1 Å². The number of ether oxygens (including phenoxy) is 1. The third-order valence-electron chi connectivity index (χ3n) is 4.12. The van der Waals surface area contributed by atoms with Gasteiger partial charge in [-0.15, -0.1) is 21.5 Å². The van der Waals surface area contributed by atoms with Gasteiger partial charge in [0.1, 0.15) is 0 Å². The van der Waals surface area contributed by atoms with Crippen molar-refractivity contribution in [3.63, 3.8) is 0 Å². The Bertz CT molecular complexity index is 1110. The number of thiophene rings is 1. The molecule has 6 nitrogen and oxygen atoms in total. The molecule has 1 N–H and O–H groups in total. The normalized spacial score (nSPS) is 11.2. The van der Waals surface area contributed by atoms with Crippen molar-refractivity contribution >= 4 is 44.1 Å². The minimum Gasteiger partial charge on any atom is -0.452 e. The van der Waals surface area contributed by atoms with Crippen LogP contribution in [-0.2, 0) is 11.3 Å². The highest BCUT2D eigenvalue weighted by molar-refractivity contribution is 9.11. The number of aryl methyl sites for hydroxylation is 2. The number of fused-ring (bicyclic) bond motifs is 1. The molecule has 0 radical (unpaired) electrons. The molecule has 4 aromatic rings. The van der Waals surface area contributed by atoms with Crippen molar-refractivity contribution in [3.8, 4) is 10.8 Å². The molecule has 0 atom stereocenters. The van der Waals surface area contributed by atoms with Gasteiger partial charge in [0.2, 0.25) is 0 Å². The van der Waals surface area contributed by atoms with Crippen molar-refractivity contribution in [1.82, 2.24) is 15.2 Å². The van der Waals surface area contributed by atoms with Gasteiger partial charge in [-0.2, -0.15) is 0 Å². The van der Waals surface area contributed by atoms with Crippen LogP contribution in [0.15, 0.2) is 38.5 Å². The number of H-pyrrole nitrogens is 1. The highest BCUT2D eigenvalue weighted by Crippen LogP contribution is 2.30. The smallest absolute Gasteiger partial charge is 0.338 e. The largest absolute Gasteiger partial charge is 0.452 e. The Labute approximate surface area is 161 Å². The molecule has 8 heteroatoms. The first-order valence-electron chi connectivity index (χ1n) is 7.85. The minimum absolute atomic E-state index is 0.0679. The first-order chi connectivity index (χ1) is 12.5. The second kappa shape index (κ2) is 6.69. The van der Waals surface area contributed by atoms with Crippen molar-refractivity contribution in [1.29, 1.82) is 0 Å². The summed E-state index contributed by atoms with van der Waals surface area (Å²) in [5.74, 6) is 0.239. The lowest BCUT2D eigenvalue weighted by Gasteiger charge is -2.02. The van der Waals surface area contributed by atoms with Crippen LogP contribution in [0.3, 0.4) is 0 Å². The van der Waals surface area contributed by atoms with Crippen LogP contribution in [0.1, 0.15) is 27.5 Å². The predicted molar refractivity (Wildman–Crippen MR) is 102 cm³/mol. The molecule has 0 amide bonds. The number of benzene rings is 1. The highest BCUT2D eigenvalue weighted by atomic mass is 79.9. The Morgan fingerprint density at radius 2 is 2.12 bits per heavy atom. The van der Waals surface area contributed by atoms with Gasteiger partial charge in [-0.1, -0.05) is 0 Å². The topological polar surface area (TPSA) is 81.0 Å². The third kappa shape index (κ3) is 3.17. The Hall–Kier alpha value is -2.45. The molecule has 4 rings (SSSR count). The first kappa shape index (κ1) is 17.0. The Morgan fingerprint density at radius 3 is 2.88 bits per heavy atom. The van der Waals surface area contributed by atoms with Crippen LogP contribution in [0.25, 0.3) is 21.7 Å². The number of carbonyl (C=O) groups excluding carboxylic acids is 1. The van der Waals surface area contributed by atoms with Crippen LogP contribution in [-0.4, -0.2) is 21.2 Å². The molecule has 0 aliphatic heterocycles. The van der Waals surface area contributed by atoms with Crippen LogP contribution in [0, 0.1) is 13.8 Å². The number of hydrogen-bond donors (Lipinski definition) is 1. The summed E-state index contributed by atoms with van der Waals surface area (Å²) in [6.45, 7) is 3.96. The molecule has 0 spiro atoms. The fourth-order valence-electron chi connectivity index (χ4n) is 2.64. The van der Waals surface area contributed by atoms with Crippen LogP contribution in [0.2, 0.25) is 0 Å². The maximum atomic E-state index is 12.3. The summed E-state index contributed by atoms with van der Waals surface area (Å²) in [4.78, 5) is 16.5. The summed E-state index contributed by atoms with van der Waals surface area (Å²) in [6, 6.07) is 9.24. The third-order valence-corrected chi connectivity index (χ3v) is 5.73. The second-order valence-electron chi connectivity index (χ2n) is 5.82. The maximum absolute atomic E-state index is 12.3. The molecule has 26 heavy (non-hydrogen) atoms. The monoisotopic (exact) mass is 431 g/mol. The lowest BCUT2D eigenvalue weighted by atomic mass is 10.1. The van der Waals surface area contributed by atoms with Gasteiger partial charge >= 0.3 is 5.97 Å². The number of nitrogens with zero attached hydrogens (tertiary/aromatic N) is 2. The molecular weight excluding hydrogens is 418 g/mol. The highest BCUT2D eigenvalue weighted by Gasteiger charge is 2.15. The lowest BCUT2D eigenvalue weighted by Crippen LogP contribution is -2.05. The Balaban J connectivity index is 1.47. The molecule has 0 unspecified atom stereocenters. The summed E-state index contributed by atoms with van der Waals surface area (Å²) >= 11 is 4.88. The van der Waals surface area contributed by atoms with Crippen LogP contribution in [0.5, 0.6) is 0 Å². The number of hydrogen-bond acceptors (Lipinski definition) is 6. The number of esters is 1. The van der Waals surface area contributed by atoms with Gasteiger partial charge in [0.15, 0.2) is 6.61 Å². The van der Waals surface area contributed by atoms with Crippen molar-refractivity contribution in [2.45, 2.75) is 20.5 Å². The van der Waals surface area contributed by atoms with Crippen molar-refractivity contribution in [3.05, 3.63) is 56.8 Å². The lowest BCUT2D eigenvalue weighted by molar-refractivity contribution is 0.0439. The Morgan fingerprint density at radius 1 is 1.27 bits per heavy atom. The summed E-state index contributed by atoms with van der Waals surface area (Å²) < 4.78 is 11.8. The van der Waals surface area contributed by atoms with E-state index in [-0.39, 0.29) is 12.5 Å². The van der Waals surface area contributed by atoms with E-state index < -0.39 is 5.97 Å². The standard InChI is InChI=1S/C18H14BrN3O3S/c1-9-10(2)20-13-4-3-11(7-12(9)13)18(23)24-8-16-21-22-17(25-16)14-5-6-15(19)26-14/h3-7,20H,8H2,1-2H3. The number of rotatable bonds is 4. The van der Waals surface area contributed by atoms with Crippen molar-refractivity contribution in [2.24, 2.45) is 0 Å². The zero-order valence-corrected chi connectivity index (χ0v) is 16.4. The van der Waals surface area contributed by atoms with E-state index in [1.54, 1.807) is 6.07 Å². The molecule has 3 aromatic heterocycles. The minimum atomic E-state index is -0.427. The van der Waals surface area contributed by atoms with E-state index in [9.17, 15) is 4.79 Å². The zero-order valence-electron chi connectivity index (χ0n) is 14.0. The van der Waals surface area contributed by atoms with Crippen LogP contribution >= 0.6 is 27.3 Å². The van der Waals surface area contributed by atoms with Gasteiger partial charge in [-0.25, -0.2) is 4.79 Å². The summed E-state index contributed by atoms with van der Waals surface area (Å²) in [5.41, 5.74) is 3.70. The summed E-state index contributed by atoms with van der Waals surface area (Å²) in [5, 5.41) is 8.92. The van der Waals surface area contributed by atoms with Gasteiger partial charge in [0, 0.05) is 16.6 Å². The molecule has 0 aliphatic rings. The number of aromatic nitrogens is 3. The van der Waals surface area contributed by atoms with Gasteiger partial charge in [0.05, 0.1) is 14.2 Å². The molecule has 1 aromatic carbocycles. The molecular formula is C18H14BrN3O3S. The number of aromatic amines is 1. The van der Waals surface area contributed by atoms with Crippen LogP contribution in [0.4, 0.5) is 0 Å². The molecule has 0 aliphatic carbocycles. The fraction of sp³-hybridized carbons (Fsp3) is 0.167. The summed E-state index contributed by atoms with van der Waals surface area (Å²) in [6.07, 6.45) is 0. The van der Waals surface area contributed by atoms with Crippen molar-refractivity contribution in [2.75, 3.05) is 0 Å². The number of nitrogens with one attached hydrogen (secondary N) is 1. The van der Waals surface area contributed by atoms with Crippen molar-refractivity contribution < 1.29 is 13.9 Å².